The lowest BCUT2D eigenvalue weighted by molar-refractivity contribution is 0.104. The topological polar surface area (TPSA) is 52.3 Å². The van der Waals surface area contributed by atoms with Crippen molar-refractivity contribution < 1.29 is 13.9 Å². The molecule has 0 unspecified atom stereocenters. The van der Waals surface area contributed by atoms with Gasteiger partial charge in [-0.15, -0.1) is 0 Å². The van der Waals surface area contributed by atoms with Crippen LogP contribution in [0.15, 0.2) is 49.1 Å². The van der Waals surface area contributed by atoms with Gasteiger partial charge in [-0.3, -0.25) is 4.79 Å². The summed E-state index contributed by atoms with van der Waals surface area (Å²) >= 11 is 0. The molecule has 0 fully saturated rings. The van der Waals surface area contributed by atoms with Gasteiger partial charge in [-0.25, -0.2) is 4.39 Å². The van der Waals surface area contributed by atoms with Gasteiger partial charge in [0.05, 0.1) is 11.3 Å². The minimum absolute atomic E-state index is 0.0965. The second-order valence-corrected chi connectivity index (χ2v) is 4.62. The number of carbonyl (C=O) groups excluding carboxylic acids is 1. The van der Waals surface area contributed by atoms with Crippen molar-refractivity contribution in [1.29, 1.82) is 0 Å². The van der Waals surface area contributed by atoms with E-state index >= 15 is 0 Å². The molecule has 0 aliphatic carbocycles. The van der Waals surface area contributed by atoms with E-state index in [1.54, 1.807) is 0 Å². The van der Waals surface area contributed by atoms with Crippen LogP contribution in [0.3, 0.4) is 0 Å². The molecule has 0 atom stereocenters. The van der Waals surface area contributed by atoms with Crippen molar-refractivity contribution in [3.63, 3.8) is 0 Å². The Bertz CT molecular complexity index is 681. The SMILES string of the molecule is C=CC(=O)c1c(C)c(F)cc(N)c1OCc1ccccc1. The minimum atomic E-state index is -0.537. The molecular formula is C17H16FNO2. The van der Waals surface area contributed by atoms with E-state index in [4.69, 9.17) is 10.5 Å². The molecule has 0 aliphatic rings. The molecule has 2 aromatic rings. The van der Waals surface area contributed by atoms with Crippen molar-refractivity contribution in [1.82, 2.24) is 0 Å². The molecule has 0 spiro atoms. The zero-order valence-electron chi connectivity index (χ0n) is 11.7. The summed E-state index contributed by atoms with van der Waals surface area (Å²) in [4.78, 5) is 12.0. The summed E-state index contributed by atoms with van der Waals surface area (Å²) in [5.41, 5.74) is 7.15. The first-order valence-electron chi connectivity index (χ1n) is 6.46. The smallest absolute Gasteiger partial charge is 0.189 e. The summed E-state index contributed by atoms with van der Waals surface area (Å²) in [6.07, 6.45) is 1.12. The van der Waals surface area contributed by atoms with Crippen LogP contribution >= 0.6 is 0 Å². The monoisotopic (exact) mass is 285 g/mol. The Morgan fingerprint density at radius 1 is 1.38 bits per heavy atom. The predicted octanol–water partition coefficient (Wildman–Crippen LogP) is 3.66. The molecule has 0 radical (unpaired) electrons. The number of carbonyl (C=O) groups is 1. The van der Waals surface area contributed by atoms with E-state index in [0.717, 1.165) is 17.7 Å². The van der Waals surface area contributed by atoms with Crippen LogP contribution in [-0.2, 0) is 6.61 Å². The highest BCUT2D eigenvalue weighted by Crippen LogP contribution is 2.32. The van der Waals surface area contributed by atoms with E-state index in [-0.39, 0.29) is 29.2 Å². The van der Waals surface area contributed by atoms with E-state index in [1.807, 2.05) is 30.3 Å². The number of nitrogens with two attached hydrogens (primary N) is 1. The van der Waals surface area contributed by atoms with E-state index in [0.29, 0.717) is 0 Å². The fourth-order valence-electron chi connectivity index (χ4n) is 2.03. The van der Waals surface area contributed by atoms with E-state index < -0.39 is 11.6 Å². The van der Waals surface area contributed by atoms with Crippen LogP contribution in [0.2, 0.25) is 0 Å². The molecular weight excluding hydrogens is 269 g/mol. The Hall–Kier alpha value is -2.62. The highest BCUT2D eigenvalue weighted by molar-refractivity contribution is 6.08. The van der Waals surface area contributed by atoms with Gasteiger partial charge in [0.2, 0.25) is 0 Å². The van der Waals surface area contributed by atoms with Crippen molar-refractivity contribution >= 4 is 11.5 Å². The number of ketones is 1. The summed E-state index contributed by atoms with van der Waals surface area (Å²) < 4.78 is 19.4. The first kappa shape index (κ1) is 14.8. The van der Waals surface area contributed by atoms with Crippen LogP contribution in [0.1, 0.15) is 21.5 Å². The fourth-order valence-corrected chi connectivity index (χ4v) is 2.03. The Morgan fingerprint density at radius 2 is 2.05 bits per heavy atom. The molecule has 4 heteroatoms. The molecule has 0 heterocycles. The minimum Gasteiger partial charge on any atom is -0.486 e. The van der Waals surface area contributed by atoms with Crippen molar-refractivity contribution in [2.75, 3.05) is 5.73 Å². The number of hydrogen-bond donors (Lipinski definition) is 1. The predicted molar refractivity (Wildman–Crippen MR) is 80.9 cm³/mol. The maximum atomic E-state index is 13.8. The molecule has 108 valence electrons. The van der Waals surface area contributed by atoms with E-state index in [1.165, 1.54) is 6.92 Å². The molecule has 0 aliphatic heterocycles. The van der Waals surface area contributed by atoms with Crippen LogP contribution in [0.4, 0.5) is 10.1 Å². The molecule has 0 aromatic heterocycles. The molecule has 2 rings (SSSR count). The number of allylic oxidation sites excluding steroid dienone is 1. The molecule has 0 saturated carbocycles. The number of anilines is 1. The lowest BCUT2D eigenvalue weighted by Gasteiger charge is -2.15. The largest absolute Gasteiger partial charge is 0.486 e. The maximum Gasteiger partial charge on any atom is 0.189 e. The van der Waals surface area contributed by atoms with Gasteiger partial charge >= 0.3 is 0 Å². The molecule has 21 heavy (non-hydrogen) atoms. The van der Waals surface area contributed by atoms with Gasteiger partial charge in [-0.1, -0.05) is 36.9 Å². The molecule has 2 aromatic carbocycles. The van der Waals surface area contributed by atoms with Crippen LogP contribution < -0.4 is 10.5 Å². The third kappa shape index (κ3) is 3.11. The van der Waals surface area contributed by atoms with E-state index in [9.17, 15) is 9.18 Å². The van der Waals surface area contributed by atoms with E-state index in [2.05, 4.69) is 6.58 Å². The number of hydrogen-bond acceptors (Lipinski definition) is 3. The summed E-state index contributed by atoms with van der Waals surface area (Å²) in [5.74, 6) is -0.755. The highest BCUT2D eigenvalue weighted by atomic mass is 19.1. The van der Waals surface area contributed by atoms with Gasteiger partial charge in [0.15, 0.2) is 11.5 Å². The molecule has 2 N–H and O–H groups in total. The Kier molecular flexibility index (Phi) is 4.38. The van der Waals surface area contributed by atoms with Crippen molar-refractivity contribution in [3.05, 3.63) is 71.6 Å². The highest BCUT2D eigenvalue weighted by Gasteiger charge is 2.20. The van der Waals surface area contributed by atoms with Crippen LogP contribution in [0, 0.1) is 12.7 Å². The summed E-state index contributed by atoms with van der Waals surface area (Å²) in [6, 6.07) is 10.6. The summed E-state index contributed by atoms with van der Waals surface area (Å²) in [7, 11) is 0. The second kappa shape index (κ2) is 6.22. The quantitative estimate of drug-likeness (QED) is 0.518. The Morgan fingerprint density at radius 3 is 2.67 bits per heavy atom. The zero-order chi connectivity index (χ0) is 15.4. The average Bonchev–Trinajstić information content (AvgIpc) is 2.49. The number of benzene rings is 2. The van der Waals surface area contributed by atoms with Crippen molar-refractivity contribution in [2.24, 2.45) is 0 Å². The molecule has 0 saturated heterocycles. The molecule has 0 bridgehead atoms. The first-order valence-corrected chi connectivity index (χ1v) is 6.46. The van der Waals surface area contributed by atoms with Crippen LogP contribution in [-0.4, -0.2) is 5.78 Å². The Balaban J connectivity index is 2.40. The standard InChI is InChI=1S/C17H16FNO2/c1-3-15(20)16-11(2)13(18)9-14(19)17(16)21-10-12-7-5-4-6-8-12/h3-9H,1,10,19H2,2H3. The lowest BCUT2D eigenvalue weighted by atomic mass is 10.0. The summed E-state index contributed by atoms with van der Waals surface area (Å²) in [6.45, 7) is 5.19. The lowest BCUT2D eigenvalue weighted by Crippen LogP contribution is -2.09. The summed E-state index contributed by atoms with van der Waals surface area (Å²) in [5, 5.41) is 0. The van der Waals surface area contributed by atoms with Gasteiger partial charge in [-0.2, -0.15) is 0 Å². The number of nitrogen functional groups attached to an aromatic ring is 1. The molecule has 3 nitrogen and oxygen atoms in total. The van der Waals surface area contributed by atoms with Gasteiger partial charge in [0.25, 0.3) is 0 Å². The van der Waals surface area contributed by atoms with Crippen LogP contribution in [0.5, 0.6) is 5.75 Å². The van der Waals surface area contributed by atoms with Gasteiger partial charge < -0.3 is 10.5 Å². The number of ether oxygens (including phenoxy) is 1. The van der Waals surface area contributed by atoms with Crippen molar-refractivity contribution in [2.45, 2.75) is 13.5 Å². The fraction of sp³-hybridized carbons (Fsp3) is 0.118. The third-order valence-electron chi connectivity index (χ3n) is 3.16. The first-order chi connectivity index (χ1) is 10.0. The van der Waals surface area contributed by atoms with Crippen LogP contribution in [0.25, 0.3) is 0 Å². The number of halogens is 1. The maximum absolute atomic E-state index is 13.8. The Labute approximate surface area is 122 Å². The van der Waals surface area contributed by atoms with Gasteiger partial charge in [-0.05, 0) is 24.1 Å². The zero-order valence-corrected chi connectivity index (χ0v) is 11.7. The average molecular weight is 285 g/mol. The van der Waals surface area contributed by atoms with Gasteiger partial charge in [0.1, 0.15) is 12.4 Å². The normalized spacial score (nSPS) is 10.2. The van der Waals surface area contributed by atoms with Crippen molar-refractivity contribution in [3.8, 4) is 5.75 Å². The van der Waals surface area contributed by atoms with Gasteiger partial charge in [0, 0.05) is 6.07 Å². The third-order valence-corrected chi connectivity index (χ3v) is 3.16. The molecule has 0 amide bonds. The number of rotatable bonds is 5. The second-order valence-electron chi connectivity index (χ2n) is 4.62.